The van der Waals surface area contributed by atoms with Gasteiger partial charge in [-0.25, -0.2) is 8.42 Å². The summed E-state index contributed by atoms with van der Waals surface area (Å²) in [6.45, 7) is 1.60. The zero-order valence-electron chi connectivity index (χ0n) is 8.84. The van der Waals surface area contributed by atoms with Gasteiger partial charge < -0.3 is 11.5 Å². The number of benzene rings is 1. The minimum absolute atomic E-state index is 0.538. The molecule has 0 aliphatic heterocycles. The molecule has 0 aliphatic rings. The minimum atomic E-state index is -3.13. The van der Waals surface area contributed by atoms with Crippen molar-refractivity contribution in [2.75, 3.05) is 12.0 Å². The Morgan fingerprint density at radius 1 is 1.33 bits per heavy atom. The fourth-order valence-electron chi connectivity index (χ4n) is 1.30. The van der Waals surface area contributed by atoms with Crippen LogP contribution in [-0.2, 0) is 9.84 Å². The molecule has 0 unspecified atom stereocenters. The molecule has 0 radical (unpaired) electrons. The topological polar surface area (TPSA) is 86.2 Å². The van der Waals surface area contributed by atoms with E-state index in [1.165, 1.54) is 6.26 Å². The molecule has 1 rings (SSSR count). The Morgan fingerprint density at radius 2 is 1.93 bits per heavy atom. The number of sulfone groups is 1. The van der Waals surface area contributed by atoms with Crippen molar-refractivity contribution in [1.29, 1.82) is 0 Å². The van der Waals surface area contributed by atoms with Crippen LogP contribution in [0.2, 0.25) is 0 Å². The third kappa shape index (κ3) is 2.94. The Kier molecular flexibility index (Phi) is 3.36. The normalized spacial score (nSPS) is 15.9. The predicted molar refractivity (Wildman–Crippen MR) is 62.1 cm³/mol. The van der Waals surface area contributed by atoms with Crippen molar-refractivity contribution in [3.63, 3.8) is 0 Å². The first-order valence-corrected chi connectivity index (χ1v) is 6.57. The highest BCUT2D eigenvalue weighted by Gasteiger charge is 2.23. The predicted octanol–water partition coefficient (Wildman–Crippen LogP) is 0.702. The molecule has 5 heteroatoms. The van der Waals surface area contributed by atoms with E-state index in [9.17, 15) is 8.42 Å². The molecule has 2 atom stereocenters. The molecule has 1 aromatic rings. The quantitative estimate of drug-likeness (QED) is 0.746. The highest BCUT2D eigenvalue weighted by Crippen LogP contribution is 2.20. The summed E-state index contributed by atoms with van der Waals surface area (Å²) >= 11 is 0. The summed E-state index contributed by atoms with van der Waals surface area (Å²) in [5.74, 6) is 0. The second-order valence-electron chi connectivity index (χ2n) is 3.73. The van der Waals surface area contributed by atoms with Gasteiger partial charge in [0.2, 0.25) is 0 Å². The lowest BCUT2D eigenvalue weighted by Gasteiger charge is -2.18. The lowest BCUT2D eigenvalue weighted by Crippen LogP contribution is -2.30. The lowest BCUT2D eigenvalue weighted by atomic mass is 10.0. The number of anilines is 1. The summed E-state index contributed by atoms with van der Waals surface area (Å²) in [7, 11) is -3.13. The Labute approximate surface area is 90.2 Å². The molecular formula is C10H16N2O2S. The van der Waals surface area contributed by atoms with Crippen LogP contribution in [0.3, 0.4) is 0 Å². The van der Waals surface area contributed by atoms with Gasteiger partial charge in [-0.15, -0.1) is 0 Å². The van der Waals surface area contributed by atoms with Crippen molar-refractivity contribution >= 4 is 15.5 Å². The van der Waals surface area contributed by atoms with E-state index in [-0.39, 0.29) is 0 Å². The van der Waals surface area contributed by atoms with Crippen molar-refractivity contribution in [1.82, 2.24) is 0 Å². The number of nitrogen functional groups attached to an aromatic ring is 1. The highest BCUT2D eigenvalue weighted by molar-refractivity contribution is 7.91. The molecule has 0 saturated carbocycles. The Bertz CT molecular complexity index is 442. The summed E-state index contributed by atoms with van der Waals surface area (Å²) in [5.41, 5.74) is 12.8. The number of hydrogen-bond acceptors (Lipinski definition) is 4. The highest BCUT2D eigenvalue weighted by atomic mass is 32.2. The largest absolute Gasteiger partial charge is 0.399 e. The van der Waals surface area contributed by atoms with Crippen LogP contribution in [0.15, 0.2) is 24.3 Å². The monoisotopic (exact) mass is 228 g/mol. The van der Waals surface area contributed by atoms with E-state index in [2.05, 4.69) is 0 Å². The van der Waals surface area contributed by atoms with E-state index in [4.69, 9.17) is 11.5 Å². The van der Waals surface area contributed by atoms with E-state index in [0.29, 0.717) is 5.69 Å². The van der Waals surface area contributed by atoms with E-state index < -0.39 is 21.1 Å². The zero-order chi connectivity index (χ0) is 11.6. The van der Waals surface area contributed by atoms with Crippen molar-refractivity contribution in [3.8, 4) is 0 Å². The molecule has 0 saturated heterocycles. The molecule has 0 heterocycles. The average Bonchev–Trinajstić information content (AvgIpc) is 2.14. The molecule has 0 aromatic heterocycles. The van der Waals surface area contributed by atoms with Crippen molar-refractivity contribution < 1.29 is 8.42 Å². The number of hydrogen-bond donors (Lipinski definition) is 2. The maximum atomic E-state index is 11.3. The Balaban J connectivity index is 3.00. The van der Waals surface area contributed by atoms with Crippen molar-refractivity contribution in [2.24, 2.45) is 5.73 Å². The van der Waals surface area contributed by atoms with Gasteiger partial charge in [0.05, 0.1) is 5.25 Å². The first-order valence-electron chi connectivity index (χ1n) is 4.62. The van der Waals surface area contributed by atoms with E-state index >= 15 is 0 Å². The second-order valence-corrected chi connectivity index (χ2v) is 6.13. The number of nitrogens with two attached hydrogens (primary N) is 2. The average molecular weight is 228 g/mol. The molecular weight excluding hydrogens is 212 g/mol. The molecule has 0 spiro atoms. The fraction of sp³-hybridized carbons (Fsp3) is 0.400. The van der Waals surface area contributed by atoms with Crippen LogP contribution in [0.4, 0.5) is 5.69 Å². The summed E-state index contributed by atoms with van der Waals surface area (Å²) < 4.78 is 22.6. The van der Waals surface area contributed by atoms with Crippen molar-refractivity contribution in [3.05, 3.63) is 29.8 Å². The third-order valence-electron chi connectivity index (χ3n) is 2.48. The van der Waals surface area contributed by atoms with Crippen LogP contribution >= 0.6 is 0 Å². The Morgan fingerprint density at radius 3 is 2.40 bits per heavy atom. The molecule has 4 nitrogen and oxygen atoms in total. The summed E-state index contributed by atoms with van der Waals surface area (Å²) in [6.07, 6.45) is 1.18. The van der Waals surface area contributed by atoms with Gasteiger partial charge in [-0.3, -0.25) is 0 Å². The standard InChI is InChI=1S/C10H16N2O2S/c1-7(15(2,13)14)10(12)8-4-3-5-9(11)6-8/h3-7,10H,11-12H2,1-2H3/t7-,10-/m0/s1. The van der Waals surface area contributed by atoms with Gasteiger partial charge in [-0.2, -0.15) is 0 Å². The van der Waals surface area contributed by atoms with Crippen LogP contribution in [0.25, 0.3) is 0 Å². The Hall–Kier alpha value is -1.07. The van der Waals surface area contributed by atoms with Gasteiger partial charge in [-0.05, 0) is 24.6 Å². The number of rotatable bonds is 3. The second kappa shape index (κ2) is 4.20. The van der Waals surface area contributed by atoms with E-state index in [0.717, 1.165) is 5.56 Å². The van der Waals surface area contributed by atoms with Gasteiger partial charge in [0.25, 0.3) is 0 Å². The maximum Gasteiger partial charge on any atom is 0.151 e. The molecule has 1 aromatic carbocycles. The molecule has 0 fully saturated rings. The third-order valence-corrected chi connectivity index (χ3v) is 4.12. The first kappa shape index (κ1) is 12.0. The zero-order valence-corrected chi connectivity index (χ0v) is 9.66. The summed E-state index contributed by atoms with van der Waals surface area (Å²) in [6, 6.07) is 6.44. The molecule has 0 aliphatic carbocycles. The van der Waals surface area contributed by atoms with Crippen LogP contribution in [0.5, 0.6) is 0 Å². The van der Waals surface area contributed by atoms with Gasteiger partial charge in [0, 0.05) is 18.0 Å². The van der Waals surface area contributed by atoms with Crippen LogP contribution in [-0.4, -0.2) is 19.9 Å². The van der Waals surface area contributed by atoms with E-state index in [1.54, 1.807) is 31.2 Å². The van der Waals surface area contributed by atoms with E-state index in [1.807, 2.05) is 0 Å². The van der Waals surface area contributed by atoms with Gasteiger partial charge in [0.1, 0.15) is 0 Å². The summed E-state index contributed by atoms with van der Waals surface area (Å²) in [4.78, 5) is 0. The fourth-order valence-corrected chi connectivity index (χ4v) is 1.99. The van der Waals surface area contributed by atoms with Gasteiger partial charge >= 0.3 is 0 Å². The minimum Gasteiger partial charge on any atom is -0.399 e. The molecule has 84 valence electrons. The molecule has 4 N–H and O–H groups in total. The molecule has 15 heavy (non-hydrogen) atoms. The molecule has 0 bridgehead atoms. The van der Waals surface area contributed by atoms with Crippen LogP contribution in [0, 0.1) is 0 Å². The van der Waals surface area contributed by atoms with Crippen molar-refractivity contribution in [2.45, 2.75) is 18.2 Å². The molecule has 0 amide bonds. The van der Waals surface area contributed by atoms with Gasteiger partial charge in [0.15, 0.2) is 9.84 Å². The summed E-state index contributed by atoms with van der Waals surface area (Å²) in [5, 5.41) is -0.612. The van der Waals surface area contributed by atoms with Crippen LogP contribution < -0.4 is 11.5 Å². The lowest BCUT2D eigenvalue weighted by molar-refractivity contribution is 0.571. The van der Waals surface area contributed by atoms with Gasteiger partial charge in [-0.1, -0.05) is 12.1 Å². The SMILES string of the molecule is C[C@@H]([C@H](N)c1cccc(N)c1)S(C)(=O)=O. The first-order chi connectivity index (χ1) is 6.82. The smallest absolute Gasteiger partial charge is 0.151 e. The maximum absolute atomic E-state index is 11.3. The van der Waals surface area contributed by atoms with Crippen LogP contribution in [0.1, 0.15) is 18.5 Å².